The molecule has 0 spiro atoms. The lowest BCUT2D eigenvalue weighted by molar-refractivity contribution is -0.869. The van der Waals surface area contributed by atoms with Gasteiger partial charge in [-0.2, -0.15) is 0 Å². The van der Waals surface area contributed by atoms with Crippen molar-refractivity contribution < 1.29 is 28.5 Å². The van der Waals surface area contributed by atoms with E-state index >= 15 is 0 Å². The molecule has 0 radical (unpaired) electrons. The Kier molecular flexibility index (Phi) is 5.77. The Morgan fingerprint density at radius 2 is 1.95 bits per heavy atom. The molecular weight excluding hydrogens is 347 g/mol. The van der Waals surface area contributed by atoms with Gasteiger partial charge in [0.1, 0.15) is 0 Å². The van der Waals surface area contributed by atoms with Crippen molar-refractivity contribution in [2.45, 2.75) is 6.42 Å². The van der Waals surface area contributed by atoms with E-state index in [2.05, 4.69) is 50.1 Å². The molecule has 0 aliphatic heterocycles. The Labute approximate surface area is 132 Å². The van der Waals surface area contributed by atoms with E-state index in [1.165, 1.54) is 0 Å². The van der Waals surface area contributed by atoms with Crippen molar-refractivity contribution in [1.29, 1.82) is 0 Å². The Balaban J connectivity index is 0.00000180. The fourth-order valence-corrected chi connectivity index (χ4v) is 1.71. The second-order valence-electron chi connectivity index (χ2n) is 5.48. The smallest absolute Gasteiger partial charge is 0.0891 e. The van der Waals surface area contributed by atoms with Gasteiger partial charge < -0.3 is 28.5 Å². The van der Waals surface area contributed by atoms with E-state index < -0.39 is 0 Å². The highest BCUT2D eigenvalue weighted by atomic mass is 127. The molecule has 2 aromatic rings. The van der Waals surface area contributed by atoms with Crippen molar-refractivity contribution in [2.24, 2.45) is 0 Å². The number of hydrogen-bond acceptors (Lipinski definition) is 1. The number of pyridine rings is 1. The molecule has 0 amide bonds. The fourth-order valence-electron chi connectivity index (χ4n) is 1.71. The maximum Gasteiger partial charge on any atom is 0.0891 e. The van der Waals surface area contributed by atoms with E-state index in [1.54, 1.807) is 0 Å². The van der Waals surface area contributed by atoms with Gasteiger partial charge in [-0.3, -0.25) is 4.98 Å². The maximum absolute atomic E-state index is 4.30. The molecule has 100 valence electrons. The normalized spacial score (nSPS) is 10.5. The maximum atomic E-state index is 4.30. The van der Waals surface area contributed by atoms with Gasteiger partial charge in [0.25, 0.3) is 0 Å². The quantitative estimate of drug-likeness (QED) is 0.404. The first-order chi connectivity index (χ1) is 8.54. The van der Waals surface area contributed by atoms with E-state index in [-0.39, 0.29) is 24.0 Å². The molecule has 0 bridgehead atoms. The molecule has 0 aliphatic rings. The summed E-state index contributed by atoms with van der Waals surface area (Å²) in [6.07, 6.45) is 2.74. The van der Waals surface area contributed by atoms with E-state index in [0.29, 0.717) is 0 Å². The molecule has 2 nitrogen and oxygen atoms in total. The zero-order valence-electron chi connectivity index (χ0n) is 11.7. The van der Waals surface area contributed by atoms with Gasteiger partial charge in [-0.1, -0.05) is 17.9 Å². The third kappa shape index (κ3) is 5.17. The van der Waals surface area contributed by atoms with Crippen LogP contribution in [0.3, 0.4) is 0 Å². The fraction of sp³-hybridized carbons (Fsp3) is 0.312. The summed E-state index contributed by atoms with van der Waals surface area (Å²) in [5.41, 5.74) is 2.09. The molecule has 1 aromatic heterocycles. The lowest BCUT2D eigenvalue weighted by atomic mass is 10.1. The first-order valence-corrected chi connectivity index (χ1v) is 6.19. The zero-order chi connectivity index (χ0) is 13.0. The minimum Gasteiger partial charge on any atom is -1.00 e. The molecule has 0 aliphatic carbocycles. The monoisotopic (exact) mass is 366 g/mol. The van der Waals surface area contributed by atoms with Gasteiger partial charge in [-0.15, -0.1) is 0 Å². The highest BCUT2D eigenvalue weighted by Gasteiger charge is 2.03. The third-order valence-corrected chi connectivity index (χ3v) is 2.74. The van der Waals surface area contributed by atoms with Crippen LogP contribution in [-0.4, -0.2) is 37.2 Å². The van der Waals surface area contributed by atoms with Gasteiger partial charge in [0, 0.05) is 17.1 Å². The summed E-state index contributed by atoms with van der Waals surface area (Å²) in [5, 5.41) is 1.15. The summed E-state index contributed by atoms with van der Waals surface area (Å²) in [5.74, 6) is 6.46. The molecule has 3 heteroatoms. The molecule has 0 fully saturated rings. The molecule has 0 N–H and O–H groups in total. The predicted octanol–water partition coefficient (Wildman–Crippen LogP) is -0.313. The molecule has 19 heavy (non-hydrogen) atoms. The van der Waals surface area contributed by atoms with Crippen LogP contribution >= 0.6 is 0 Å². The number of benzene rings is 1. The van der Waals surface area contributed by atoms with Crippen LogP contribution in [0.2, 0.25) is 0 Å². The summed E-state index contributed by atoms with van der Waals surface area (Å²) in [4.78, 5) is 4.30. The van der Waals surface area contributed by atoms with Crippen LogP contribution in [0.5, 0.6) is 0 Å². The van der Waals surface area contributed by atoms with Crippen molar-refractivity contribution in [3.63, 3.8) is 0 Å². The standard InChI is InChI=1S/C16H19N2.HI/c1-18(2,3)12-5-4-7-14-9-10-16-15(13-14)8-6-11-17-16;/h6,8-11,13H,5,12H2,1-3H3;1H/q+1;/p-1. The molecule has 0 saturated heterocycles. The van der Waals surface area contributed by atoms with E-state index in [4.69, 9.17) is 0 Å². The molecule has 1 heterocycles. The Hall–Kier alpha value is -1.12. The van der Waals surface area contributed by atoms with Gasteiger partial charge >= 0.3 is 0 Å². The topological polar surface area (TPSA) is 12.9 Å². The molecule has 2 rings (SSSR count). The van der Waals surface area contributed by atoms with Crippen molar-refractivity contribution in [3.8, 4) is 11.8 Å². The minimum atomic E-state index is 0. The van der Waals surface area contributed by atoms with Gasteiger partial charge in [0.15, 0.2) is 0 Å². The van der Waals surface area contributed by atoms with Crippen molar-refractivity contribution in [3.05, 3.63) is 42.1 Å². The first kappa shape index (κ1) is 15.9. The summed E-state index contributed by atoms with van der Waals surface area (Å²) in [6, 6.07) is 10.2. The first-order valence-electron chi connectivity index (χ1n) is 6.19. The van der Waals surface area contributed by atoms with Crippen LogP contribution in [-0.2, 0) is 0 Å². The third-order valence-electron chi connectivity index (χ3n) is 2.74. The number of rotatable bonds is 2. The summed E-state index contributed by atoms with van der Waals surface area (Å²) < 4.78 is 0.955. The molecule has 0 atom stereocenters. The summed E-state index contributed by atoms with van der Waals surface area (Å²) >= 11 is 0. The second-order valence-corrected chi connectivity index (χ2v) is 5.48. The summed E-state index contributed by atoms with van der Waals surface area (Å²) in [7, 11) is 6.55. The number of nitrogens with zero attached hydrogens (tertiary/aromatic N) is 2. The van der Waals surface area contributed by atoms with Gasteiger partial charge in [-0.25, -0.2) is 0 Å². The lowest BCUT2D eigenvalue weighted by Crippen LogP contribution is -3.00. The van der Waals surface area contributed by atoms with E-state index in [9.17, 15) is 0 Å². The van der Waals surface area contributed by atoms with Crippen LogP contribution < -0.4 is 24.0 Å². The molecule has 0 unspecified atom stereocenters. The van der Waals surface area contributed by atoms with E-state index in [1.807, 2.05) is 24.4 Å². The van der Waals surface area contributed by atoms with Gasteiger partial charge in [-0.05, 0) is 24.3 Å². The van der Waals surface area contributed by atoms with Crippen LogP contribution in [0.15, 0.2) is 36.5 Å². The van der Waals surface area contributed by atoms with Crippen molar-refractivity contribution in [2.75, 3.05) is 27.7 Å². The van der Waals surface area contributed by atoms with E-state index in [0.717, 1.165) is 33.9 Å². The van der Waals surface area contributed by atoms with Crippen molar-refractivity contribution >= 4 is 10.9 Å². The molecular formula is C16H19IN2. The average Bonchev–Trinajstić information content (AvgIpc) is 2.33. The lowest BCUT2D eigenvalue weighted by Gasteiger charge is -2.22. The number of hydrogen-bond donors (Lipinski definition) is 0. The van der Waals surface area contributed by atoms with Crippen LogP contribution in [0.4, 0.5) is 0 Å². The molecule has 0 saturated carbocycles. The van der Waals surface area contributed by atoms with Crippen LogP contribution in [0.1, 0.15) is 12.0 Å². The Bertz CT molecular complexity index is 603. The highest BCUT2D eigenvalue weighted by molar-refractivity contribution is 5.79. The number of fused-ring (bicyclic) bond motifs is 1. The number of aromatic nitrogens is 1. The number of quaternary nitrogens is 1. The zero-order valence-corrected chi connectivity index (χ0v) is 13.8. The average molecular weight is 366 g/mol. The Morgan fingerprint density at radius 3 is 2.68 bits per heavy atom. The van der Waals surface area contributed by atoms with Crippen molar-refractivity contribution in [1.82, 2.24) is 4.98 Å². The Morgan fingerprint density at radius 1 is 1.16 bits per heavy atom. The largest absolute Gasteiger partial charge is 1.00 e. The highest BCUT2D eigenvalue weighted by Crippen LogP contribution is 2.12. The summed E-state index contributed by atoms with van der Waals surface area (Å²) in [6.45, 7) is 1.07. The second kappa shape index (κ2) is 6.88. The minimum absolute atomic E-state index is 0. The van der Waals surface area contributed by atoms with Gasteiger partial charge in [0.2, 0.25) is 0 Å². The van der Waals surface area contributed by atoms with Gasteiger partial charge in [0.05, 0.1) is 39.6 Å². The predicted molar refractivity (Wildman–Crippen MR) is 76.1 cm³/mol. The number of halogens is 1. The molecule has 1 aromatic carbocycles. The van der Waals surface area contributed by atoms with Crippen LogP contribution in [0, 0.1) is 11.8 Å². The SMILES string of the molecule is C[N+](C)(C)CCC#Cc1ccc2ncccc2c1.[I-]. The van der Waals surface area contributed by atoms with Crippen LogP contribution in [0.25, 0.3) is 10.9 Å².